The molecule has 0 saturated carbocycles. The molecule has 1 fully saturated rings. The molecule has 0 atom stereocenters. The van der Waals surface area contributed by atoms with Crippen LogP contribution in [0, 0.1) is 11.7 Å². The number of benzene rings is 3. The molecule has 4 rings (SSSR count). The predicted molar refractivity (Wildman–Crippen MR) is 116 cm³/mol. The number of likely N-dealkylation sites (tertiary alicyclic amines) is 1. The van der Waals surface area contributed by atoms with Crippen molar-refractivity contribution in [3.63, 3.8) is 0 Å². The lowest BCUT2D eigenvalue weighted by molar-refractivity contribution is -0.147. The van der Waals surface area contributed by atoms with Gasteiger partial charge in [0, 0.05) is 25.3 Å². The average Bonchev–Trinajstić information content (AvgIpc) is 2.72. The van der Waals surface area contributed by atoms with Crippen LogP contribution in [0.15, 0.2) is 72.8 Å². The molecular weight excluding hydrogens is 395 g/mol. The lowest BCUT2D eigenvalue weighted by Gasteiger charge is -2.36. The Balaban J connectivity index is 1.34. The first-order chi connectivity index (χ1) is 15.0. The minimum absolute atomic E-state index is 0.0239. The monoisotopic (exact) mass is 418 g/mol. The molecule has 0 aliphatic carbocycles. The van der Waals surface area contributed by atoms with Crippen LogP contribution in [-0.4, -0.2) is 35.0 Å². The first-order valence-corrected chi connectivity index (χ1v) is 10.2. The molecule has 1 heterocycles. The summed E-state index contributed by atoms with van der Waals surface area (Å²) in [7, 11) is 0. The van der Waals surface area contributed by atoms with Gasteiger partial charge in [-0.3, -0.25) is 14.5 Å². The topological polar surface area (TPSA) is 69.6 Å². The van der Waals surface area contributed by atoms with E-state index in [1.165, 1.54) is 17.7 Å². The van der Waals surface area contributed by atoms with E-state index < -0.39 is 17.7 Å². The second-order valence-electron chi connectivity index (χ2n) is 7.86. The molecule has 0 unspecified atom stereocenters. The number of amides is 1. The van der Waals surface area contributed by atoms with Crippen molar-refractivity contribution in [2.24, 2.45) is 5.92 Å². The summed E-state index contributed by atoms with van der Waals surface area (Å²) >= 11 is 0. The van der Waals surface area contributed by atoms with Gasteiger partial charge in [-0.05, 0) is 47.4 Å². The van der Waals surface area contributed by atoms with Crippen LogP contribution in [0.2, 0.25) is 0 Å². The molecule has 1 amide bonds. The minimum atomic E-state index is -0.803. The highest BCUT2D eigenvalue weighted by Crippen LogP contribution is 2.21. The first kappa shape index (κ1) is 20.8. The summed E-state index contributed by atoms with van der Waals surface area (Å²) in [5.74, 6) is -2.25. The van der Waals surface area contributed by atoms with Crippen LogP contribution in [0.1, 0.15) is 27.0 Å². The Labute approximate surface area is 180 Å². The van der Waals surface area contributed by atoms with E-state index in [1.54, 1.807) is 6.07 Å². The second-order valence-corrected chi connectivity index (χ2v) is 7.86. The summed E-state index contributed by atoms with van der Waals surface area (Å²) in [5, 5.41) is 11.7. The zero-order chi connectivity index (χ0) is 21.8. The highest BCUT2D eigenvalue weighted by molar-refractivity contribution is 6.04. The van der Waals surface area contributed by atoms with Crippen molar-refractivity contribution in [3.05, 3.63) is 101 Å². The Morgan fingerprint density at radius 3 is 2.23 bits per heavy atom. The lowest BCUT2D eigenvalue weighted by atomic mass is 9.99. The van der Waals surface area contributed by atoms with Gasteiger partial charge in [0.25, 0.3) is 5.91 Å². The molecule has 6 heteroatoms. The number of carboxylic acids is 1. The number of rotatable bonds is 7. The van der Waals surface area contributed by atoms with Crippen molar-refractivity contribution in [3.8, 4) is 0 Å². The van der Waals surface area contributed by atoms with Gasteiger partial charge in [-0.1, -0.05) is 48.5 Å². The van der Waals surface area contributed by atoms with E-state index in [4.69, 9.17) is 5.11 Å². The number of hydrogen-bond donors (Lipinski definition) is 2. The van der Waals surface area contributed by atoms with Crippen LogP contribution in [0.4, 0.5) is 10.1 Å². The van der Waals surface area contributed by atoms with Crippen LogP contribution in [-0.2, 0) is 17.8 Å². The molecule has 1 aliphatic heterocycles. The van der Waals surface area contributed by atoms with Gasteiger partial charge < -0.3 is 10.4 Å². The molecule has 0 radical (unpaired) electrons. The smallest absolute Gasteiger partial charge is 0.309 e. The number of carboxylic acid groups (broad SMARTS) is 1. The second kappa shape index (κ2) is 9.10. The van der Waals surface area contributed by atoms with E-state index in [0.717, 1.165) is 12.0 Å². The normalized spacial score (nSPS) is 14.1. The molecule has 1 aliphatic rings. The van der Waals surface area contributed by atoms with Gasteiger partial charge in [-0.15, -0.1) is 0 Å². The predicted octanol–water partition coefficient (Wildman–Crippen LogP) is 4.19. The maximum absolute atomic E-state index is 14.5. The van der Waals surface area contributed by atoms with Gasteiger partial charge in [0.1, 0.15) is 5.82 Å². The Bertz CT molecular complexity index is 1080. The molecule has 2 N–H and O–H groups in total. The summed E-state index contributed by atoms with van der Waals surface area (Å²) in [6.07, 6.45) is 0.801. The number of anilines is 1. The Hall–Kier alpha value is -3.51. The SMILES string of the molecule is O=C(Nc1ccc(Cc2ccccc2)cc1)c1ccc(CN2CC(C(=O)O)C2)cc1F. The largest absolute Gasteiger partial charge is 0.481 e. The number of carbonyl (C=O) groups is 2. The summed E-state index contributed by atoms with van der Waals surface area (Å²) in [6.45, 7) is 1.38. The number of halogens is 1. The molecule has 0 spiro atoms. The standard InChI is InChI=1S/C25H23FN2O3/c26-23-13-19(14-28-15-20(16-28)25(30)31)8-11-22(23)24(29)27-21-9-6-18(7-10-21)12-17-4-2-1-3-5-17/h1-11,13,20H,12,14-16H2,(H,27,29)(H,30,31). The Morgan fingerprint density at radius 2 is 1.58 bits per heavy atom. The number of nitrogens with one attached hydrogen (secondary N) is 1. The van der Waals surface area contributed by atoms with Gasteiger partial charge in [0.15, 0.2) is 0 Å². The quantitative estimate of drug-likeness (QED) is 0.604. The highest BCUT2D eigenvalue weighted by atomic mass is 19.1. The van der Waals surface area contributed by atoms with Crippen molar-refractivity contribution in [2.45, 2.75) is 13.0 Å². The van der Waals surface area contributed by atoms with E-state index in [0.29, 0.717) is 30.9 Å². The minimum Gasteiger partial charge on any atom is -0.481 e. The van der Waals surface area contributed by atoms with E-state index in [1.807, 2.05) is 47.4 Å². The van der Waals surface area contributed by atoms with E-state index in [-0.39, 0.29) is 11.5 Å². The van der Waals surface area contributed by atoms with Gasteiger partial charge in [0.2, 0.25) is 0 Å². The number of hydrogen-bond acceptors (Lipinski definition) is 3. The number of nitrogens with zero attached hydrogens (tertiary/aromatic N) is 1. The number of aliphatic carboxylic acids is 1. The van der Waals surface area contributed by atoms with E-state index >= 15 is 0 Å². The summed E-state index contributed by atoms with van der Waals surface area (Å²) in [5.41, 5.74) is 3.62. The molecule has 158 valence electrons. The molecular formula is C25H23FN2O3. The van der Waals surface area contributed by atoms with Crippen molar-refractivity contribution in [1.29, 1.82) is 0 Å². The van der Waals surface area contributed by atoms with Gasteiger partial charge in [-0.2, -0.15) is 0 Å². The first-order valence-electron chi connectivity index (χ1n) is 10.2. The van der Waals surface area contributed by atoms with Crippen molar-refractivity contribution in [2.75, 3.05) is 18.4 Å². The van der Waals surface area contributed by atoms with Crippen molar-refractivity contribution in [1.82, 2.24) is 4.90 Å². The fourth-order valence-electron chi connectivity index (χ4n) is 3.69. The lowest BCUT2D eigenvalue weighted by Crippen LogP contribution is -2.49. The average molecular weight is 418 g/mol. The summed E-state index contributed by atoms with van der Waals surface area (Å²) < 4.78 is 14.5. The van der Waals surface area contributed by atoms with Gasteiger partial charge >= 0.3 is 5.97 Å². The van der Waals surface area contributed by atoms with Crippen LogP contribution < -0.4 is 5.32 Å². The highest BCUT2D eigenvalue weighted by Gasteiger charge is 2.32. The Morgan fingerprint density at radius 1 is 0.935 bits per heavy atom. The zero-order valence-corrected chi connectivity index (χ0v) is 16.9. The third-order valence-corrected chi connectivity index (χ3v) is 5.45. The molecule has 3 aromatic rings. The van der Waals surface area contributed by atoms with Crippen molar-refractivity contribution < 1.29 is 19.1 Å². The van der Waals surface area contributed by atoms with Crippen LogP contribution >= 0.6 is 0 Å². The third kappa shape index (κ3) is 5.16. The van der Waals surface area contributed by atoms with Crippen LogP contribution in [0.25, 0.3) is 0 Å². The summed E-state index contributed by atoms with van der Waals surface area (Å²) in [4.78, 5) is 25.3. The van der Waals surface area contributed by atoms with Gasteiger partial charge in [0.05, 0.1) is 11.5 Å². The fourth-order valence-corrected chi connectivity index (χ4v) is 3.69. The third-order valence-electron chi connectivity index (χ3n) is 5.45. The molecule has 0 bridgehead atoms. The maximum atomic E-state index is 14.5. The fraction of sp³-hybridized carbons (Fsp3) is 0.200. The summed E-state index contributed by atoms with van der Waals surface area (Å²) in [6, 6.07) is 22.1. The molecule has 5 nitrogen and oxygen atoms in total. The van der Waals surface area contributed by atoms with Gasteiger partial charge in [-0.25, -0.2) is 4.39 Å². The van der Waals surface area contributed by atoms with Crippen molar-refractivity contribution >= 4 is 17.6 Å². The molecule has 1 saturated heterocycles. The van der Waals surface area contributed by atoms with E-state index in [2.05, 4.69) is 17.4 Å². The molecule has 31 heavy (non-hydrogen) atoms. The zero-order valence-electron chi connectivity index (χ0n) is 16.9. The van der Waals surface area contributed by atoms with E-state index in [9.17, 15) is 14.0 Å². The maximum Gasteiger partial charge on any atom is 0.309 e. The Kier molecular flexibility index (Phi) is 6.09. The van der Waals surface area contributed by atoms with Crippen LogP contribution in [0.5, 0.6) is 0 Å². The number of carbonyl (C=O) groups excluding carboxylic acids is 1. The van der Waals surface area contributed by atoms with Crippen LogP contribution in [0.3, 0.4) is 0 Å². The molecule has 0 aromatic heterocycles. The molecule has 3 aromatic carbocycles.